The fourth-order valence-electron chi connectivity index (χ4n) is 3.91. The molecule has 2 fully saturated rings. The van der Waals surface area contributed by atoms with Gasteiger partial charge in [-0.25, -0.2) is 9.80 Å². The number of carbonyl (C=O) groups is 6. The van der Waals surface area contributed by atoms with Crippen molar-refractivity contribution in [2.24, 2.45) is 5.73 Å². The van der Waals surface area contributed by atoms with Gasteiger partial charge in [0.1, 0.15) is 18.1 Å². The van der Waals surface area contributed by atoms with Gasteiger partial charge in [0.25, 0.3) is 11.8 Å². The lowest BCUT2D eigenvalue weighted by Crippen LogP contribution is -2.57. The van der Waals surface area contributed by atoms with Crippen LogP contribution in [0.25, 0.3) is 0 Å². The van der Waals surface area contributed by atoms with Gasteiger partial charge in [0.2, 0.25) is 17.7 Å². The fraction of sp³-hybridized carbons (Fsp3) is 0.700. The topological polar surface area (TPSA) is 171 Å². The summed E-state index contributed by atoms with van der Waals surface area (Å²) in [6.07, 6.45) is 0.0142. The van der Waals surface area contributed by atoms with Crippen molar-refractivity contribution in [1.29, 1.82) is 0 Å². The van der Waals surface area contributed by atoms with E-state index in [9.17, 15) is 28.8 Å². The first-order valence-corrected chi connectivity index (χ1v) is 10.9. The second-order valence-corrected chi connectivity index (χ2v) is 8.25. The van der Waals surface area contributed by atoms with E-state index in [4.69, 9.17) is 10.5 Å². The Bertz CT molecular complexity index is 819. The Hall–Kier alpha value is -3.38. The van der Waals surface area contributed by atoms with Crippen LogP contribution >= 0.6 is 0 Å². The molecule has 4 N–H and O–H groups in total. The van der Waals surface area contributed by atoms with E-state index in [-0.39, 0.29) is 5.91 Å². The van der Waals surface area contributed by atoms with Gasteiger partial charge in [-0.3, -0.25) is 29.4 Å². The van der Waals surface area contributed by atoms with E-state index in [0.29, 0.717) is 38.8 Å². The first kappa shape index (κ1) is 25.9. The molecule has 2 aliphatic rings. The van der Waals surface area contributed by atoms with Gasteiger partial charge in [0.15, 0.2) is 6.10 Å². The highest BCUT2D eigenvalue weighted by atomic mass is 16.6. The summed E-state index contributed by atoms with van der Waals surface area (Å²) < 4.78 is 4.81. The molecule has 2 aliphatic heterocycles. The van der Waals surface area contributed by atoms with Gasteiger partial charge in [-0.2, -0.15) is 0 Å². The van der Waals surface area contributed by atoms with Crippen molar-refractivity contribution in [2.45, 2.75) is 70.7 Å². The molecule has 0 aromatic heterocycles. The third-order valence-electron chi connectivity index (χ3n) is 5.76. The van der Waals surface area contributed by atoms with Crippen LogP contribution in [0.3, 0.4) is 0 Å². The van der Waals surface area contributed by atoms with E-state index in [1.807, 2.05) is 0 Å². The van der Waals surface area contributed by atoms with Crippen LogP contribution in [0.15, 0.2) is 0 Å². The maximum atomic E-state index is 13.0. The Morgan fingerprint density at radius 3 is 2.06 bits per heavy atom. The molecule has 0 bridgehead atoms. The molecule has 13 nitrogen and oxygen atoms in total. The van der Waals surface area contributed by atoms with Crippen LogP contribution in [0.2, 0.25) is 0 Å². The number of ether oxygens (including phenoxy) is 1. The van der Waals surface area contributed by atoms with Crippen LogP contribution in [0.1, 0.15) is 46.5 Å². The van der Waals surface area contributed by atoms with Gasteiger partial charge in [0.05, 0.1) is 0 Å². The van der Waals surface area contributed by atoms with Crippen molar-refractivity contribution in [3.05, 3.63) is 0 Å². The minimum atomic E-state index is -1.18. The molecule has 2 rings (SSSR count). The first-order valence-electron chi connectivity index (χ1n) is 10.9. The molecule has 0 aliphatic carbocycles. The molecule has 1 unspecified atom stereocenters. The number of likely N-dealkylation sites (tertiary alicyclic amines) is 2. The van der Waals surface area contributed by atoms with Crippen molar-refractivity contribution in [1.82, 2.24) is 25.6 Å². The number of primary amides is 1. The number of hydrogen-bond donors (Lipinski definition) is 3. The molecule has 0 radical (unpaired) electrons. The van der Waals surface area contributed by atoms with Gasteiger partial charge in [-0.05, 0) is 39.5 Å². The highest BCUT2D eigenvalue weighted by Gasteiger charge is 2.39. The van der Waals surface area contributed by atoms with Crippen LogP contribution in [-0.4, -0.2) is 94.8 Å². The van der Waals surface area contributed by atoms with E-state index < -0.39 is 54.0 Å². The SMILES string of the molecule is CC(=O)N1CCC[C@H]1C(=O)N[C@@H](C)C(=O)N1CCC[C@H]1C(=O)NN(C)C(=O)OC(C)C(N)=O. The number of rotatable bonds is 6. The number of nitrogens with one attached hydrogen (secondary N) is 2. The number of nitrogens with two attached hydrogens (primary N) is 1. The summed E-state index contributed by atoms with van der Waals surface area (Å²) in [5.74, 6) is -2.49. The molecule has 0 aromatic carbocycles. The zero-order valence-corrected chi connectivity index (χ0v) is 19.3. The maximum Gasteiger partial charge on any atom is 0.429 e. The first-order chi connectivity index (χ1) is 15.4. The molecule has 4 atom stereocenters. The van der Waals surface area contributed by atoms with Crippen LogP contribution in [0.4, 0.5) is 4.79 Å². The van der Waals surface area contributed by atoms with Gasteiger partial charge in [-0.15, -0.1) is 0 Å². The molecular weight excluding hydrogens is 436 g/mol. The normalized spacial score (nSPS) is 21.7. The van der Waals surface area contributed by atoms with Crippen LogP contribution in [-0.2, 0) is 28.7 Å². The summed E-state index contributed by atoms with van der Waals surface area (Å²) in [7, 11) is 1.24. The smallest absolute Gasteiger partial charge is 0.429 e. The van der Waals surface area contributed by atoms with Gasteiger partial charge >= 0.3 is 6.09 Å². The zero-order chi connectivity index (χ0) is 24.9. The third-order valence-corrected chi connectivity index (χ3v) is 5.76. The van der Waals surface area contributed by atoms with Crippen molar-refractivity contribution in [2.75, 3.05) is 20.1 Å². The highest BCUT2D eigenvalue weighted by Crippen LogP contribution is 2.20. The Morgan fingerprint density at radius 1 is 0.970 bits per heavy atom. The fourth-order valence-corrected chi connectivity index (χ4v) is 3.91. The van der Waals surface area contributed by atoms with Gasteiger partial charge in [-0.1, -0.05) is 0 Å². The monoisotopic (exact) mass is 468 g/mol. The van der Waals surface area contributed by atoms with Crippen LogP contribution in [0.5, 0.6) is 0 Å². The Kier molecular flexibility index (Phi) is 8.60. The Labute approximate surface area is 191 Å². The van der Waals surface area contributed by atoms with Gasteiger partial charge < -0.3 is 25.6 Å². The molecule has 33 heavy (non-hydrogen) atoms. The van der Waals surface area contributed by atoms with Crippen molar-refractivity contribution in [3.8, 4) is 0 Å². The number of amides is 6. The lowest BCUT2D eigenvalue weighted by molar-refractivity contribution is -0.143. The van der Waals surface area contributed by atoms with E-state index in [1.165, 1.54) is 37.6 Å². The Morgan fingerprint density at radius 2 is 1.52 bits per heavy atom. The largest absolute Gasteiger partial charge is 0.435 e. The average Bonchev–Trinajstić information content (AvgIpc) is 3.42. The zero-order valence-electron chi connectivity index (χ0n) is 19.3. The Balaban J connectivity index is 1.94. The minimum absolute atomic E-state index is 0.198. The second-order valence-electron chi connectivity index (χ2n) is 8.25. The lowest BCUT2D eigenvalue weighted by atomic mass is 10.1. The molecule has 2 heterocycles. The number of hydrogen-bond acceptors (Lipinski definition) is 7. The maximum absolute atomic E-state index is 13.0. The second kappa shape index (κ2) is 11.0. The predicted molar refractivity (Wildman–Crippen MR) is 114 cm³/mol. The highest BCUT2D eigenvalue weighted by molar-refractivity contribution is 5.94. The summed E-state index contributed by atoms with van der Waals surface area (Å²) in [5, 5.41) is 3.42. The average molecular weight is 469 g/mol. The lowest BCUT2D eigenvalue weighted by Gasteiger charge is -2.29. The summed E-state index contributed by atoms with van der Waals surface area (Å²) in [6.45, 7) is 5.03. The molecule has 6 amide bonds. The summed E-state index contributed by atoms with van der Waals surface area (Å²) in [6, 6.07) is -2.36. The summed E-state index contributed by atoms with van der Waals surface area (Å²) in [5.41, 5.74) is 7.38. The third kappa shape index (κ3) is 6.33. The van der Waals surface area contributed by atoms with Gasteiger partial charge in [0, 0.05) is 27.1 Å². The minimum Gasteiger partial charge on any atom is -0.435 e. The van der Waals surface area contributed by atoms with Crippen LogP contribution in [0, 0.1) is 0 Å². The van der Waals surface area contributed by atoms with E-state index in [0.717, 1.165) is 5.01 Å². The molecule has 184 valence electrons. The quantitative estimate of drug-likeness (QED) is 0.397. The molecule has 0 saturated carbocycles. The van der Waals surface area contributed by atoms with Crippen molar-refractivity contribution < 1.29 is 33.5 Å². The summed E-state index contributed by atoms with van der Waals surface area (Å²) in [4.78, 5) is 75.8. The van der Waals surface area contributed by atoms with Crippen molar-refractivity contribution >= 4 is 35.6 Å². The number of hydrazine groups is 1. The molecule has 2 saturated heterocycles. The standard InChI is InChI=1S/C20H32N6O7/c1-11(22-17(29)14-7-5-9-25(14)13(3)27)19(31)26-10-6-8-15(26)18(30)23-24(4)20(32)33-12(2)16(21)28/h11-12,14-15H,5-10H2,1-4H3,(H2,21,28)(H,22,29)(H,23,30)/t11-,12?,14-,15-/m0/s1. The predicted octanol–water partition coefficient (Wildman–Crippen LogP) is -1.53. The van der Waals surface area contributed by atoms with E-state index in [1.54, 1.807) is 0 Å². The molecule has 0 aromatic rings. The molecule has 0 spiro atoms. The molecular formula is C20H32N6O7. The summed E-state index contributed by atoms with van der Waals surface area (Å²) >= 11 is 0. The number of nitrogens with zero attached hydrogens (tertiary/aromatic N) is 3. The molecule has 13 heteroatoms. The van der Waals surface area contributed by atoms with Crippen LogP contribution < -0.4 is 16.5 Å². The van der Waals surface area contributed by atoms with Crippen molar-refractivity contribution in [3.63, 3.8) is 0 Å². The number of carbonyl (C=O) groups excluding carboxylic acids is 6. The van der Waals surface area contributed by atoms with E-state index in [2.05, 4.69) is 10.7 Å². The van der Waals surface area contributed by atoms with E-state index >= 15 is 0 Å².